The molecule has 150 valence electrons. The molecule has 0 spiro atoms. The van der Waals surface area contributed by atoms with Gasteiger partial charge in [-0.05, 0) is 18.1 Å². The van der Waals surface area contributed by atoms with E-state index < -0.39 is 41.4 Å². The smallest absolute Gasteiger partial charge is 0.411 e. The Kier molecular flexibility index (Phi) is 4.74. The molecule has 0 radical (unpaired) electrons. The monoisotopic (exact) mass is 395 g/mol. The van der Waals surface area contributed by atoms with Gasteiger partial charge in [-0.25, -0.2) is 14.4 Å². The second-order valence-corrected chi connectivity index (χ2v) is 7.48. The van der Waals surface area contributed by atoms with Crippen LogP contribution in [0.2, 0.25) is 0 Å². The Bertz CT molecular complexity index is 931. The minimum atomic E-state index is -1.41. The highest BCUT2D eigenvalue weighted by atomic mass is 16.6. The SMILES string of the molecule is C[C@]12C(=O)OC[C@H]1[C@H](c1ccccc1)[C@@H](C(=O)O)N2C(=O)OCc1ccccc1. The van der Waals surface area contributed by atoms with Crippen molar-refractivity contribution in [2.75, 3.05) is 6.61 Å². The Hall–Kier alpha value is -3.35. The number of nitrogens with zero attached hydrogens (tertiary/aromatic N) is 1. The fourth-order valence-corrected chi connectivity index (χ4v) is 4.47. The number of rotatable bonds is 4. The molecule has 1 N–H and O–H groups in total. The van der Waals surface area contributed by atoms with Crippen LogP contribution in [0.1, 0.15) is 24.0 Å². The summed E-state index contributed by atoms with van der Waals surface area (Å²) in [6, 6.07) is 16.9. The molecule has 0 aromatic heterocycles. The Morgan fingerprint density at radius 3 is 2.38 bits per heavy atom. The molecule has 0 bridgehead atoms. The minimum absolute atomic E-state index is 0.0195. The zero-order valence-electron chi connectivity index (χ0n) is 15.9. The number of carbonyl (C=O) groups excluding carboxylic acids is 2. The number of carbonyl (C=O) groups is 3. The maximum absolute atomic E-state index is 13.0. The molecule has 2 aliphatic heterocycles. The van der Waals surface area contributed by atoms with Gasteiger partial charge >= 0.3 is 18.0 Å². The van der Waals surface area contributed by atoms with Gasteiger partial charge in [0.25, 0.3) is 0 Å². The topological polar surface area (TPSA) is 93.1 Å². The number of fused-ring (bicyclic) bond motifs is 1. The molecule has 2 aromatic carbocycles. The van der Waals surface area contributed by atoms with Gasteiger partial charge in [0.1, 0.15) is 18.2 Å². The van der Waals surface area contributed by atoms with Crippen molar-refractivity contribution in [1.29, 1.82) is 0 Å². The van der Waals surface area contributed by atoms with Crippen molar-refractivity contribution in [2.24, 2.45) is 5.92 Å². The summed E-state index contributed by atoms with van der Waals surface area (Å²) in [6.45, 7) is 1.60. The normalized spacial score (nSPS) is 28.0. The van der Waals surface area contributed by atoms with E-state index in [0.29, 0.717) is 0 Å². The first-order valence-corrected chi connectivity index (χ1v) is 9.39. The molecule has 0 aliphatic carbocycles. The molecule has 7 heteroatoms. The van der Waals surface area contributed by atoms with Crippen LogP contribution < -0.4 is 0 Å². The van der Waals surface area contributed by atoms with Crippen LogP contribution in [0.15, 0.2) is 60.7 Å². The highest BCUT2D eigenvalue weighted by Crippen LogP contribution is 2.52. The number of cyclic esters (lactones) is 1. The van der Waals surface area contributed by atoms with Crippen LogP contribution in [0.3, 0.4) is 0 Å². The van der Waals surface area contributed by atoms with Crippen LogP contribution in [0.25, 0.3) is 0 Å². The zero-order chi connectivity index (χ0) is 20.6. The van der Waals surface area contributed by atoms with E-state index in [2.05, 4.69) is 0 Å². The summed E-state index contributed by atoms with van der Waals surface area (Å²) in [4.78, 5) is 39.0. The molecule has 0 unspecified atom stereocenters. The molecular formula is C22H21NO6. The van der Waals surface area contributed by atoms with E-state index in [-0.39, 0.29) is 13.2 Å². The molecule has 2 fully saturated rings. The summed E-state index contributed by atoms with van der Waals surface area (Å²) in [7, 11) is 0. The number of amides is 1. The third kappa shape index (κ3) is 3.03. The molecule has 4 rings (SSSR count). The van der Waals surface area contributed by atoms with Gasteiger partial charge in [0.05, 0.1) is 6.61 Å². The number of aliphatic carboxylic acids is 1. The maximum Gasteiger partial charge on any atom is 0.411 e. The minimum Gasteiger partial charge on any atom is -0.480 e. The van der Waals surface area contributed by atoms with Crippen LogP contribution in [0, 0.1) is 5.92 Å². The maximum atomic E-state index is 13.0. The van der Waals surface area contributed by atoms with E-state index in [1.807, 2.05) is 36.4 Å². The number of carboxylic acid groups (broad SMARTS) is 1. The van der Waals surface area contributed by atoms with Crippen molar-refractivity contribution in [3.63, 3.8) is 0 Å². The summed E-state index contributed by atoms with van der Waals surface area (Å²) in [5.41, 5.74) is 0.104. The van der Waals surface area contributed by atoms with Crippen LogP contribution >= 0.6 is 0 Å². The highest BCUT2D eigenvalue weighted by Gasteiger charge is 2.68. The fraction of sp³-hybridized carbons (Fsp3) is 0.318. The number of ether oxygens (including phenoxy) is 2. The highest BCUT2D eigenvalue weighted by molar-refractivity contribution is 5.93. The van der Waals surface area contributed by atoms with Gasteiger partial charge in [0.2, 0.25) is 0 Å². The number of carboxylic acids is 1. The molecule has 0 saturated carbocycles. The third-order valence-corrected chi connectivity index (χ3v) is 5.92. The van der Waals surface area contributed by atoms with E-state index in [0.717, 1.165) is 16.0 Å². The Labute approximate surface area is 167 Å². The summed E-state index contributed by atoms with van der Waals surface area (Å²) >= 11 is 0. The quantitative estimate of drug-likeness (QED) is 0.801. The summed E-state index contributed by atoms with van der Waals surface area (Å²) in [6.07, 6.45) is -0.842. The fourth-order valence-electron chi connectivity index (χ4n) is 4.47. The van der Waals surface area contributed by atoms with Crippen molar-refractivity contribution in [3.05, 3.63) is 71.8 Å². The molecule has 2 saturated heterocycles. The summed E-state index contributed by atoms with van der Waals surface area (Å²) in [5.74, 6) is -2.86. The number of benzene rings is 2. The summed E-state index contributed by atoms with van der Waals surface area (Å²) < 4.78 is 10.7. The van der Waals surface area contributed by atoms with Crippen molar-refractivity contribution in [1.82, 2.24) is 4.90 Å². The van der Waals surface area contributed by atoms with Crippen LogP contribution in [0.4, 0.5) is 4.79 Å². The van der Waals surface area contributed by atoms with Gasteiger partial charge in [0, 0.05) is 11.8 Å². The molecule has 1 amide bonds. The van der Waals surface area contributed by atoms with Gasteiger partial charge in [0.15, 0.2) is 0 Å². The van der Waals surface area contributed by atoms with Gasteiger partial charge in [-0.1, -0.05) is 60.7 Å². The van der Waals surface area contributed by atoms with E-state index in [1.54, 1.807) is 31.2 Å². The number of hydrogen-bond donors (Lipinski definition) is 1. The van der Waals surface area contributed by atoms with Crippen LogP contribution in [0.5, 0.6) is 0 Å². The van der Waals surface area contributed by atoms with Gasteiger partial charge in [-0.3, -0.25) is 4.90 Å². The standard InChI is InChI=1S/C22H21NO6/c1-22-16(13-28-20(22)26)17(15-10-6-3-7-11-15)18(19(24)25)23(22)21(27)29-12-14-8-4-2-5-9-14/h2-11,16-18H,12-13H2,1H3,(H,24,25)/t16-,17-,18-,22+/m0/s1. The molecule has 2 aromatic rings. The average molecular weight is 395 g/mol. The average Bonchev–Trinajstić information content (AvgIpc) is 3.17. The number of hydrogen-bond acceptors (Lipinski definition) is 5. The van der Waals surface area contributed by atoms with Gasteiger partial charge < -0.3 is 14.6 Å². The van der Waals surface area contributed by atoms with E-state index >= 15 is 0 Å². The second-order valence-electron chi connectivity index (χ2n) is 7.48. The first-order chi connectivity index (χ1) is 13.9. The lowest BCUT2D eigenvalue weighted by molar-refractivity contribution is -0.151. The van der Waals surface area contributed by atoms with Crippen molar-refractivity contribution in [2.45, 2.75) is 31.0 Å². The molecule has 4 atom stereocenters. The lowest BCUT2D eigenvalue weighted by Crippen LogP contribution is -2.56. The lowest BCUT2D eigenvalue weighted by Gasteiger charge is -2.32. The Balaban J connectivity index is 1.71. The Morgan fingerprint density at radius 2 is 1.76 bits per heavy atom. The number of likely N-dealkylation sites (tertiary alicyclic amines) is 1. The first kappa shape index (κ1) is 19.0. The summed E-state index contributed by atoms with van der Waals surface area (Å²) in [5, 5.41) is 10.0. The van der Waals surface area contributed by atoms with Crippen molar-refractivity contribution >= 4 is 18.0 Å². The second kappa shape index (κ2) is 7.24. The first-order valence-electron chi connectivity index (χ1n) is 9.39. The third-order valence-electron chi connectivity index (χ3n) is 5.92. The molecule has 2 aliphatic rings. The molecule has 29 heavy (non-hydrogen) atoms. The molecular weight excluding hydrogens is 374 g/mol. The van der Waals surface area contributed by atoms with Crippen LogP contribution in [-0.4, -0.2) is 46.2 Å². The van der Waals surface area contributed by atoms with Crippen molar-refractivity contribution < 1.29 is 29.0 Å². The predicted molar refractivity (Wildman–Crippen MR) is 102 cm³/mol. The van der Waals surface area contributed by atoms with E-state index in [1.165, 1.54) is 0 Å². The zero-order valence-corrected chi connectivity index (χ0v) is 15.9. The van der Waals surface area contributed by atoms with Gasteiger partial charge in [-0.15, -0.1) is 0 Å². The van der Waals surface area contributed by atoms with E-state index in [4.69, 9.17) is 9.47 Å². The predicted octanol–water partition coefficient (Wildman–Crippen LogP) is 2.81. The lowest BCUT2D eigenvalue weighted by atomic mass is 9.78. The largest absolute Gasteiger partial charge is 0.480 e. The number of esters is 1. The van der Waals surface area contributed by atoms with Gasteiger partial charge in [-0.2, -0.15) is 0 Å². The molecule has 2 heterocycles. The molecule has 7 nitrogen and oxygen atoms in total. The Morgan fingerprint density at radius 1 is 1.14 bits per heavy atom. The van der Waals surface area contributed by atoms with Crippen LogP contribution in [-0.2, 0) is 25.7 Å². The van der Waals surface area contributed by atoms with Crippen molar-refractivity contribution in [3.8, 4) is 0 Å². The van der Waals surface area contributed by atoms with E-state index in [9.17, 15) is 19.5 Å².